The number of aryl methyl sites for hydroxylation is 1. The maximum absolute atomic E-state index is 11.0. The number of aromatic nitrogens is 1. The molecular formula is C12H18N2O2S. The number of thiazole rings is 1. The van der Waals surface area contributed by atoms with Crippen molar-refractivity contribution in [3.63, 3.8) is 0 Å². The van der Waals surface area contributed by atoms with Crippen molar-refractivity contribution in [1.82, 2.24) is 9.88 Å². The van der Waals surface area contributed by atoms with Crippen LogP contribution in [-0.4, -0.2) is 40.6 Å². The lowest BCUT2D eigenvalue weighted by Gasteiger charge is -2.30. The van der Waals surface area contributed by atoms with Crippen molar-refractivity contribution in [2.75, 3.05) is 19.6 Å². The fourth-order valence-corrected chi connectivity index (χ4v) is 3.06. The predicted molar refractivity (Wildman–Crippen MR) is 67.4 cm³/mol. The van der Waals surface area contributed by atoms with Gasteiger partial charge in [0.25, 0.3) is 0 Å². The summed E-state index contributed by atoms with van der Waals surface area (Å²) < 4.78 is 0. The van der Waals surface area contributed by atoms with Crippen LogP contribution in [0.25, 0.3) is 0 Å². The Morgan fingerprint density at radius 2 is 2.53 bits per heavy atom. The molecule has 5 heteroatoms. The van der Waals surface area contributed by atoms with Gasteiger partial charge in [-0.2, -0.15) is 0 Å². The molecule has 1 fully saturated rings. The summed E-state index contributed by atoms with van der Waals surface area (Å²) in [5.74, 6) is -0.824. The lowest BCUT2D eigenvalue weighted by molar-refractivity contribution is -0.143. The number of carbonyl (C=O) groups is 1. The summed E-state index contributed by atoms with van der Waals surface area (Å²) in [6, 6.07) is 0. The van der Waals surface area contributed by atoms with E-state index in [0.29, 0.717) is 6.54 Å². The second-order valence-corrected chi connectivity index (χ2v) is 5.53. The monoisotopic (exact) mass is 254 g/mol. The number of piperidine rings is 1. The lowest BCUT2D eigenvalue weighted by Crippen LogP contribution is -2.39. The zero-order valence-corrected chi connectivity index (χ0v) is 10.9. The summed E-state index contributed by atoms with van der Waals surface area (Å²) in [5, 5.41) is 9.02. The molecule has 2 rings (SSSR count). The van der Waals surface area contributed by atoms with Gasteiger partial charge < -0.3 is 10.0 Å². The van der Waals surface area contributed by atoms with E-state index >= 15 is 0 Å². The summed E-state index contributed by atoms with van der Waals surface area (Å²) in [4.78, 5) is 18.8. The first kappa shape index (κ1) is 12.5. The molecule has 1 unspecified atom stereocenters. The maximum atomic E-state index is 11.0. The fourth-order valence-electron chi connectivity index (χ4n) is 2.29. The van der Waals surface area contributed by atoms with Crippen LogP contribution in [0.15, 0.2) is 5.51 Å². The quantitative estimate of drug-likeness (QED) is 0.890. The van der Waals surface area contributed by atoms with Gasteiger partial charge in [-0.05, 0) is 32.7 Å². The summed E-state index contributed by atoms with van der Waals surface area (Å²) in [5.41, 5.74) is 2.99. The van der Waals surface area contributed by atoms with Crippen LogP contribution in [-0.2, 0) is 11.2 Å². The minimum Gasteiger partial charge on any atom is -0.481 e. The van der Waals surface area contributed by atoms with Crippen LogP contribution in [0.3, 0.4) is 0 Å². The summed E-state index contributed by atoms with van der Waals surface area (Å²) in [6.07, 6.45) is 2.81. The third kappa shape index (κ3) is 3.26. The highest BCUT2D eigenvalue weighted by atomic mass is 32.1. The van der Waals surface area contributed by atoms with Gasteiger partial charge in [0.05, 0.1) is 17.1 Å². The maximum Gasteiger partial charge on any atom is 0.307 e. The number of aliphatic carboxylic acids is 1. The van der Waals surface area contributed by atoms with Gasteiger partial charge in [0.2, 0.25) is 0 Å². The summed E-state index contributed by atoms with van der Waals surface area (Å²) in [7, 11) is 0. The van der Waals surface area contributed by atoms with Crippen molar-refractivity contribution in [3.05, 3.63) is 16.1 Å². The molecule has 2 heterocycles. The molecule has 0 aliphatic carbocycles. The molecule has 17 heavy (non-hydrogen) atoms. The number of rotatable bonds is 4. The Balaban J connectivity index is 1.83. The number of nitrogens with zero attached hydrogens (tertiary/aromatic N) is 2. The zero-order valence-electron chi connectivity index (χ0n) is 10.1. The van der Waals surface area contributed by atoms with Gasteiger partial charge in [0, 0.05) is 18.0 Å². The van der Waals surface area contributed by atoms with E-state index in [1.54, 1.807) is 11.3 Å². The van der Waals surface area contributed by atoms with Gasteiger partial charge in [-0.1, -0.05) is 0 Å². The molecule has 0 bridgehead atoms. The lowest BCUT2D eigenvalue weighted by atomic mass is 9.98. The number of carboxylic acids is 1. The molecule has 1 aromatic rings. The molecule has 94 valence electrons. The first-order chi connectivity index (χ1) is 8.16. The van der Waals surface area contributed by atoms with Crippen molar-refractivity contribution < 1.29 is 9.90 Å². The number of hydrogen-bond donors (Lipinski definition) is 1. The summed E-state index contributed by atoms with van der Waals surface area (Å²) in [6.45, 7) is 4.71. The molecule has 0 saturated carbocycles. The standard InChI is InChI=1S/C12H18N2O2S/c1-9-11(17-8-13-9)4-6-14-5-2-3-10(7-14)12(15)16/h8,10H,2-7H2,1H3,(H,15,16). The van der Waals surface area contributed by atoms with E-state index < -0.39 is 5.97 Å². The second kappa shape index (κ2) is 5.60. The molecule has 0 radical (unpaired) electrons. The van der Waals surface area contributed by atoms with Crippen LogP contribution >= 0.6 is 11.3 Å². The van der Waals surface area contributed by atoms with Gasteiger partial charge in [0.15, 0.2) is 0 Å². The molecule has 0 amide bonds. The van der Waals surface area contributed by atoms with Crippen molar-refractivity contribution in [1.29, 1.82) is 0 Å². The fraction of sp³-hybridized carbons (Fsp3) is 0.667. The normalized spacial score (nSPS) is 21.6. The molecule has 1 saturated heterocycles. The average molecular weight is 254 g/mol. The van der Waals surface area contributed by atoms with Gasteiger partial charge >= 0.3 is 5.97 Å². The van der Waals surface area contributed by atoms with Gasteiger partial charge in [-0.25, -0.2) is 4.98 Å². The molecule has 1 aromatic heterocycles. The molecule has 1 N–H and O–H groups in total. The Labute approximate surface area is 105 Å². The Morgan fingerprint density at radius 3 is 3.18 bits per heavy atom. The van der Waals surface area contributed by atoms with Crippen LogP contribution in [0.1, 0.15) is 23.4 Å². The number of hydrogen-bond acceptors (Lipinski definition) is 4. The van der Waals surface area contributed by atoms with E-state index in [1.807, 2.05) is 12.4 Å². The Morgan fingerprint density at radius 1 is 1.71 bits per heavy atom. The third-order valence-corrected chi connectivity index (χ3v) is 4.35. The zero-order chi connectivity index (χ0) is 12.3. The number of carboxylic acid groups (broad SMARTS) is 1. The molecule has 1 aliphatic rings. The third-order valence-electron chi connectivity index (χ3n) is 3.35. The minimum absolute atomic E-state index is 0.175. The van der Waals surface area contributed by atoms with Crippen LogP contribution in [0.4, 0.5) is 0 Å². The molecule has 1 atom stereocenters. The Hall–Kier alpha value is -0.940. The second-order valence-electron chi connectivity index (χ2n) is 4.59. The van der Waals surface area contributed by atoms with Crippen LogP contribution in [0, 0.1) is 12.8 Å². The molecule has 1 aliphatic heterocycles. The smallest absolute Gasteiger partial charge is 0.307 e. The van der Waals surface area contributed by atoms with Gasteiger partial charge in [0.1, 0.15) is 0 Å². The minimum atomic E-state index is -0.649. The van der Waals surface area contributed by atoms with Crippen LogP contribution in [0.5, 0.6) is 0 Å². The highest BCUT2D eigenvalue weighted by Crippen LogP contribution is 2.18. The van der Waals surface area contributed by atoms with Crippen molar-refractivity contribution in [2.24, 2.45) is 5.92 Å². The van der Waals surface area contributed by atoms with Gasteiger partial charge in [-0.15, -0.1) is 11.3 Å². The Bertz CT molecular complexity index is 392. The first-order valence-corrected chi connectivity index (χ1v) is 6.89. The van der Waals surface area contributed by atoms with E-state index in [-0.39, 0.29) is 5.92 Å². The molecular weight excluding hydrogens is 236 g/mol. The highest BCUT2D eigenvalue weighted by Gasteiger charge is 2.25. The summed E-state index contributed by atoms with van der Waals surface area (Å²) >= 11 is 1.69. The van der Waals surface area contributed by atoms with Crippen molar-refractivity contribution in [2.45, 2.75) is 26.2 Å². The average Bonchev–Trinajstić information content (AvgIpc) is 2.72. The van der Waals surface area contributed by atoms with Gasteiger partial charge in [-0.3, -0.25) is 4.79 Å². The topological polar surface area (TPSA) is 53.4 Å². The Kier molecular flexibility index (Phi) is 4.12. The van der Waals surface area contributed by atoms with Crippen LogP contribution in [0.2, 0.25) is 0 Å². The van der Waals surface area contributed by atoms with E-state index in [2.05, 4.69) is 9.88 Å². The van der Waals surface area contributed by atoms with Crippen molar-refractivity contribution in [3.8, 4) is 0 Å². The molecule has 4 nitrogen and oxygen atoms in total. The van der Waals surface area contributed by atoms with Crippen molar-refractivity contribution >= 4 is 17.3 Å². The highest BCUT2D eigenvalue weighted by molar-refractivity contribution is 7.09. The molecule has 0 aromatic carbocycles. The van der Waals surface area contributed by atoms with E-state index in [1.165, 1.54) is 4.88 Å². The number of likely N-dealkylation sites (tertiary alicyclic amines) is 1. The van der Waals surface area contributed by atoms with Crippen LogP contribution < -0.4 is 0 Å². The van der Waals surface area contributed by atoms with E-state index in [0.717, 1.165) is 38.0 Å². The van der Waals surface area contributed by atoms with E-state index in [4.69, 9.17) is 5.11 Å². The molecule has 0 spiro atoms. The predicted octanol–water partition coefficient (Wildman–Crippen LogP) is 1.79. The van der Waals surface area contributed by atoms with E-state index in [9.17, 15) is 4.79 Å². The SMILES string of the molecule is Cc1ncsc1CCN1CCCC(C(=O)O)C1. The largest absolute Gasteiger partial charge is 0.481 e. The first-order valence-electron chi connectivity index (χ1n) is 6.01.